The Morgan fingerprint density at radius 3 is 2.57 bits per heavy atom. The molecule has 0 heterocycles. The van der Waals surface area contributed by atoms with Gasteiger partial charge >= 0.3 is 0 Å². The van der Waals surface area contributed by atoms with Gasteiger partial charge in [-0.25, -0.2) is 0 Å². The number of hydrogen-bond donors (Lipinski definition) is 3. The zero-order valence-electron chi connectivity index (χ0n) is 13.1. The van der Waals surface area contributed by atoms with Crippen LogP contribution in [0.2, 0.25) is 0 Å². The van der Waals surface area contributed by atoms with Gasteiger partial charge in [0.05, 0.1) is 12.5 Å². The summed E-state index contributed by atoms with van der Waals surface area (Å²) >= 11 is 3.33. The normalized spacial score (nSPS) is 23.5. The highest BCUT2D eigenvalue weighted by Crippen LogP contribution is 2.31. The maximum atomic E-state index is 12.2. The number of anilines is 1. The summed E-state index contributed by atoms with van der Waals surface area (Å²) in [6.07, 6.45) is 3.69. The standard InChI is InChI=1S/C16H22BrN3O2.ClH/c1-16(18)9-3-2-4-13(16)15(22)19-10-14(21)20-12-7-5-11(17)6-8-12;/h5-8,13H,2-4,9-10,18H2,1H3,(H,19,22)(H,20,21);1H. The van der Waals surface area contributed by atoms with Crippen molar-refractivity contribution in [2.24, 2.45) is 11.7 Å². The van der Waals surface area contributed by atoms with E-state index in [1.807, 2.05) is 19.1 Å². The van der Waals surface area contributed by atoms with Gasteiger partial charge < -0.3 is 16.4 Å². The fraction of sp³-hybridized carbons (Fsp3) is 0.500. The van der Waals surface area contributed by atoms with Crippen LogP contribution in [0.25, 0.3) is 0 Å². The van der Waals surface area contributed by atoms with Crippen molar-refractivity contribution in [3.63, 3.8) is 0 Å². The first-order valence-corrected chi connectivity index (χ1v) is 8.30. The molecule has 1 saturated carbocycles. The van der Waals surface area contributed by atoms with E-state index in [1.54, 1.807) is 12.1 Å². The fourth-order valence-corrected chi connectivity index (χ4v) is 3.08. The molecule has 1 aromatic rings. The van der Waals surface area contributed by atoms with Crippen LogP contribution in [0.5, 0.6) is 0 Å². The molecule has 2 atom stereocenters. The third-order valence-corrected chi connectivity index (χ3v) is 4.65. The molecule has 1 fully saturated rings. The van der Waals surface area contributed by atoms with Crippen molar-refractivity contribution in [2.45, 2.75) is 38.1 Å². The lowest BCUT2D eigenvalue weighted by Gasteiger charge is -2.37. The van der Waals surface area contributed by atoms with Crippen LogP contribution in [0.15, 0.2) is 28.7 Å². The number of carbonyl (C=O) groups excluding carboxylic acids is 2. The second kappa shape index (κ2) is 8.66. The van der Waals surface area contributed by atoms with E-state index < -0.39 is 5.54 Å². The molecule has 7 heteroatoms. The van der Waals surface area contributed by atoms with Gasteiger partial charge in [0.1, 0.15) is 0 Å². The van der Waals surface area contributed by atoms with Crippen molar-refractivity contribution >= 4 is 45.8 Å². The van der Waals surface area contributed by atoms with E-state index in [4.69, 9.17) is 5.73 Å². The molecule has 128 valence electrons. The molecule has 0 radical (unpaired) electrons. The van der Waals surface area contributed by atoms with Gasteiger partial charge in [-0.2, -0.15) is 0 Å². The number of amides is 2. The molecule has 0 aliphatic heterocycles. The third-order valence-electron chi connectivity index (χ3n) is 4.12. The van der Waals surface area contributed by atoms with Crippen molar-refractivity contribution in [2.75, 3.05) is 11.9 Å². The van der Waals surface area contributed by atoms with Gasteiger partial charge in [0.15, 0.2) is 0 Å². The van der Waals surface area contributed by atoms with Gasteiger partial charge in [-0.15, -0.1) is 12.4 Å². The first-order valence-electron chi connectivity index (χ1n) is 7.50. The van der Waals surface area contributed by atoms with Crippen LogP contribution < -0.4 is 16.4 Å². The van der Waals surface area contributed by atoms with Gasteiger partial charge in [-0.05, 0) is 44.0 Å². The van der Waals surface area contributed by atoms with Gasteiger partial charge in [0.2, 0.25) is 11.8 Å². The van der Waals surface area contributed by atoms with Crippen LogP contribution in [0.4, 0.5) is 5.69 Å². The zero-order chi connectivity index (χ0) is 16.2. The molecule has 4 N–H and O–H groups in total. The SMILES string of the molecule is CC1(N)CCCCC1C(=O)NCC(=O)Nc1ccc(Br)cc1.Cl. The van der Waals surface area contributed by atoms with E-state index >= 15 is 0 Å². The lowest BCUT2D eigenvalue weighted by atomic mass is 9.74. The maximum Gasteiger partial charge on any atom is 0.243 e. The van der Waals surface area contributed by atoms with Crippen molar-refractivity contribution in [3.8, 4) is 0 Å². The van der Waals surface area contributed by atoms with Crippen molar-refractivity contribution in [1.29, 1.82) is 0 Å². The molecule has 0 saturated heterocycles. The lowest BCUT2D eigenvalue weighted by Crippen LogP contribution is -2.53. The molecule has 5 nitrogen and oxygen atoms in total. The molecule has 2 rings (SSSR count). The van der Waals surface area contributed by atoms with E-state index in [0.29, 0.717) is 5.69 Å². The van der Waals surface area contributed by atoms with Crippen molar-refractivity contribution in [1.82, 2.24) is 5.32 Å². The predicted molar refractivity (Wildman–Crippen MR) is 97.6 cm³/mol. The summed E-state index contributed by atoms with van der Waals surface area (Å²) in [6.45, 7) is 1.87. The maximum absolute atomic E-state index is 12.2. The molecule has 0 bridgehead atoms. The summed E-state index contributed by atoms with van der Waals surface area (Å²) in [5, 5.41) is 5.44. The van der Waals surface area contributed by atoms with E-state index in [9.17, 15) is 9.59 Å². The minimum absolute atomic E-state index is 0. The van der Waals surface area contributed by atoms with Crippen LogP contribution in [0, 0.1) is 5.92 Å². The number of nitrogens with one attached hydrogen (secondary N) is 2. The Bertz CT molecular complexity index is 549. The summed E-state index contributed by atoms with van der Waals surface area (Å²) < 4.78 is 0.943. The summed E-state index contributed by atoms with van der Waals surface area (Å²) in [5.41, 5.74) is 6.42. The van der Waals surface area contributed by atoms with Crippen LogP contribution in [0.3, 0.4) is 0 Å². The molecular weight excluding hydrogens is 382 g/mol. The highest BCUT2D eigenvalue weighted by Gasteiger charge is 2.37. The van der Waals surface area contributed by atoms with E-state index in [0.717, 1.165) is 30.2 Å². The number of benzene rings is 1. The Morgan fingerprint density at radius 2 is 1.96 bits per heavy atom. The molecule has 0 aromatic heterocycles. The van der Waals surface area contributed by atoms with Crippen LogP contribution >= 0.6 is 28.3 Å². The Balaban J connectivity index is 0.00000264. The molecule has 0 spiro atoms. The smallest absolute Gasteiger partial charge is 0.243 e. The molecule has 1 aliphatic rings. The predicted octanol–water partition coefficient (Wildman–Crippen LogP) is 2.83. The highest BCUT2D eigenvalue weighted by atomic mass is 79.9. The van der Waals surface area contributed by atoms with Gasteiger partial charge in [0, 0.05) is 15.7 Å². The van der Waals surface area contributed by atoms with E-state index in [1.165, 1.54) is 0 Å². The molecule has 23 heavy (non-hydrogen) atoms. The Kier molecular flexibility index (Phi) is 7.51. The molecule has 1 aromatic carbocycles. The average molecular weight is 405 g/mol. The fourth-order valence-electron chi connectivity index (χ4n) is 2.82. The number of nitrogens with two attached hydrogens (primary N) is 1. The summed E-state index contributed by atoms with van der Waals surface area (Å²) in [5.74, 6) is -0.595. The second-order valence-corrected chi connectivity index (χ2v) is 6.99. The summed E-state index contributed by atoms with van der Waals surface area (Å²) in [4.78, 5) is 24.1. The van der Waals surface area contributed by atoms with Gasteiger partial charge in [0.25, 0.3) is 0 Å². The van der Waals surface area contributed by atoms with Gasteiger partial charge in [-0.1, -0.05) is 28.8 Å². The van der Waals surface area contributed by atoms with Crippen molar-refractivity contribution in [3.05, 3.63) is 28.7 Å². The van der Waals surface area contributed by atoms with Gasteiger partial charge in [-0.3, -0.25) is 9.59 Å². The lowest BCUT2D eigenvalue weighted by molar-refractivity contribution is -0.130. The van der Waals surface area contributed by atoms with E-state index in [2.05, 4.69) is 26.6 Å². The van der Waals surface area contributed by atoms with Crippen molar-refractivity contribution < 1.29 is 9.59 Å². The van der Waals surface area contributed by atoms with Crippen LogP contribution in [-0.2, 0) is 9.59 Å². The average Bonchev–Trinajstić information content (AvgIpc) is 2.47. The van der Waals surface area contributed by atoms with E-state index in [-0.39, 0.29) is 36.7 Å². The van der Waals surface area contributed by atoms with Crippen LogP contribution in [-0.4, -0.2) is 23.9 Å². The highest BCUT2D eigenvalue weighted by molar-refractivity contribution is 9.10. The number of carbonyl (C=O) groups is 2. The van der Waals surface area contributed by atoms with Crippen LogP contribution in [0.1, 0.15) is 32.6 Å². The topological polar surface area (TPSA) is 84.2 Å². The zero-order valence-corrected chi connectivity index (χ0v) is 15.5. The Labute approximate surface area is 151 Å². The Hall–Kier alpha value is -1.11. The Morgan fingerprint density at radius 1 is 1.30 bits per heavy atom. The number of rotatable bonds is 4. The number of halogens is 2. The molecule has 2 amide bonds. The minimum Gasteiger partial charge on any atom is -0.347 e. The molecule has 1 aliphatic carbocycles. The first-order chi connectivity index (χ1) is 10.4. The molecular formula is C16H23BrClN3O2. The second-order valence-electron chi connectivity index (χ2n) is 6.08. The third kappa shape index (κ3) is 5.79. The minimum atomic E-state index is -0.482. The quantitative estimate of drug-likeness (QED) is 0.721. The monoisotopic (exact) mass is 403 g/mol. The number of hydrogen-bond acceptors (Lipinski definition) is 3. The summed E-state index contributed by atoms with van der Waals surface area (Å²) in [6, 6.07) is 7.27. The summed E-state index contributed by atoms with van der Waals surface area (Å²) in [7, 11) is 0. The first kappa shape index (κ1) is 19.9. The largest absolute Gasteiger partial charge is 0.347 e. The molecule has 2 unspecified atom stereocenters.